The maximum absolute atomic E-state index is 14.1. The molecule has 0 aliphatic heterocycles. The molecule has 1 saturated carbocycles. The molecule has 12 heteroatoms. The average Bonchev–Trinajstić information content (AvgIpc) is 3.03. The van der Waals surface area contributed by atoms with Crippen LogP contribution in [-0.2, 0) is 47.7 Å². The van der Waals surface area contributed by atoms with E-state index in [9.17, 15) is 29.1 Å². The summed E-state index contributed by atoms with van der Waals surface area (Å²) in [7, 11) is 4.25. The number of ether oxygens (including phenoxy) is 5. The van der Waals surface area contributed by atoms with E-state index >= 15 is 0 Å². The van der Waals surface area contributed by atoms with Crippen LogP contribution in [0.3, 0.4) is 0 Å². The lowest BCUT2D eigenvalue weighted by atomic mass is 9.50. The van der Waals surface area contributed by atoms with Crippen molar-refractivity contribution in [3.63, 3.8) is 0 Å². The van der Waals surface area contributed by atoms with Gasteiger partial charge in [0.1, 0.15) is 17.3 Å². The molecule has 2 aliphatic carbocycles. The van der Waals surface area contributed by atoms with E-state index in [0.29, 0.717) is 16.1 Å². The van der Waals surface area contributed by atoms with Gasteiger partial charge in [0.2, 0.25) is 0 Å². The molecule has 4 rings (SSSR count). The highest BCUT2D eigenvalue weighted by atomic mass is 35.5. The summed E-state index contributed by atoms with van der Waals surface area (Å²) in [6.45, 7) is 1.61. The number of fused-ring (bicyclic) bond motifs is 2. The molecule has 2 bridgehead atoms. The minimum atomic E-state index is -2.60. The van der Waals surface area contributed by atoms with Crippen LogP contribution in [0.5, 0.6) is 0 Å². The Morgan fingerprint density at radius 3 is 1.96 bits per heavy atom. The van der Waals surface area contributed by atoms with Crippen LogP contribution >= 0.6 is 11.6 Å². The third-order valence-corrected chi connectivity index (χ3v) is 8.65. The van der Waals surface area contributed by atoms with Gasteiger partial charge in [-0.25, -0.2) is 9.59 Å². The van der Waals surface area contributed by atoms with Gasteiger partial charge in [-0.05, 0) is 41.7 Å². The second-order valence-electron chi connectivity index (χ2n) is 10.8. The van der Waals surface area contributed by atoms with Crippen LogP contribution in [0.25, 0.3) is 11.6 Å². The Hall–Kier alpha value is -4.48. The normalized spacial score (nSPS) is 25.9. The Morgan fingerprint density at radius 1 is 0.822 bits per heavy atom. The van der Waals surface area contributed by atoms with E-state index in [4.69, 9.17) is 35.3 Å². The van der Waals surface area contributed by atoms with Crippen LogP contribution in [0, 0.1) is 29.6 Å². The SMILES string of the molecule is COC(=O)C1=C(OC(=O)/C(=C/c2ccccc2)c2ccc(Cl)cc2)C(C(=O)OC)C2(O)C(C(=O)OC)C(C)CC1C2C(=O)OC. The van der Waals surface area contributed by atoms with Crippen molar-refractivity contribution in [2.24, 2.45) is 29.6 Å². The van der Waals surface area contributed by atoms with Gasteiger partial charge in [0.05, 0.1) is 51.4 Å². The molecule has 0 saturated heterocycles. The fourth-order valence-electron chi connectivity index (χ4n) is 6.51. The van der Waals surface area contributed by atoms with E-state index in [1.54, 1.807) is 61.5 Å². The molecular formula is C33H33ClO11. The summed E-state index contributed by atoms with van der Waals surface area (Å²) in [4.78, 5) is 67.7. The van der Waals surface area contributed by atoms with Crippen molar-refractivity contribution in [3.8, 4) is 0 Å². The largest absolute Gasteiger partial charge is 0.469 e. The number of hydrogen-bond donors (Lipinski definition) is 1. The minimum Gasteiger partial charge on any atom is -0.469 e. The third kappa shape index (κ3) is 6.10. The van der Waals surface area contributed by atoms with Crippen molar-refractivity contribution < 1.29 is 52.8 Å². The number of benzene rings is 2. The van der Waals surface area contributed by atoms with Gasteiger partial charge in [-0.15, -0.1) is 0 Å². The second kappa shape index (κ2) is 13.7. The van der Waals surface area contributed by atoms with Crippen molar-refractivity contribution in [2.75, 3.05) is 28.4 Å². The molecule has 0 amide bonds. The highest BCUT2D eigenvalue weighted by molar-refractivity contribution is 6.30. The second-order valence-corrected chi connectivity index (χ2v) is 11.2. The lowest BCUT2D eigenvalue weighted by Crippen LogP contribution is -2.68. The van der Waals surface area contributed by atoms with E-state index in [0.717, 1.165) is 28.4 Å². The molecule has 0 heterocycles. The molecule has 0 aromatic heterocycles. The number of rotatable bonds is 8. The molecule has 238 valence electrons. The first-order valence-electron chi connectivity index (χ1n) is 14.0. The fraction of sp³-hybridized carbons (Fsp3) is 0.364. The smallest absolute Gasteiger partial charge is 0.343 e. The first-order valence-corrected chi connectivity index (χ1v) is 14.3. The number of hydrogen-bond acceptors (Lipinski definition) is 11. The minimum absolute atomic E-state index is 0.00308. The number of methoxy groups -OCH3 is 4. The third-order valence-electron chi connectivity index (χ3n) is 8.40. The molecule has 2 aliphatic rings. The summed E-state index contributed by atoms with van der Waals surface area (Å²) in [6.07, 6.45) is 1.50. The van der Waals surface area contributed by atoms with Crippen molar-refractivity contribution in [2.45, 2.75) is 18.9 Å². The van der Waals surface area contributed by atoms with E-state index < -0.39 is 70.8 Å². The summed E-state index contributed by atoms with van der Waals surface area (Å²) in [5.74, 6) is -12.8. The van der Waals surface area contributed by atoms with E-state index in [-0.39, 0.29) is 17.6 Å². The maximum Gasteiger partial charge on any atom is 0.343 e. The number of carbonyl (C=O) groups is 5. The van der Waals surface area contributed by atoms with Gasteiger partial charge < -0.3 is 28.8 Å². The van der Waals surface area contributed by atoms with Gasteiger partial charge in [-0.1, -0.05) is 61.0 Å². The van der Waals surface area contributed by atoms with Gasteiger partial charge in [0.25, 0.3) is 0 Å². The predicted molar refractivity (Wildman–Crippen MR) is 160 cm³/mol. The molecule has 0 spiro atoms. The molecule has 0 radical (unpaired) electrons. The molecule has 6 unspecified atom stereocenters. The summed E-state index contributed by atoms with van der Waals surface area (Å²) in [5, 5.41) is 12.9. The van der Waals surface area contributed by atoms with Crippen LogP contribution in [0.4, 0.5) is 0 Å². The van der Waals surface area contributed by atoms with Crippen molar-refractivity contribution in [1.82, 2.24) is 0 Å². The number of halogens is 1. The predicted octanol–water partition coefficient (Wildman–Crippen LogP) is 3.62. The zero-order valence-corrected chi connectivity index (χ0v) is 26.0. The number of carbonyl (C=O) groups excluding carboxylic acids is 5. The summed E-state index contributed by atoms with van der Waals surface area (Å²) >= 11 is 6.09. The number of esters is 5. The first-order chi connectivity index (χ1) is 21.4. The summed E-state index contributed by atoms with van der Waals surface area (Å²) in [6, 6.07) is 15.1. The summed E-state index contributed by atoms with van der Waals surface area (Å²) in [5.41, 5.74) is -1.94. The van der Waals surface area contributed by atoms with Crippen LogP contribution < -0.4 is 0 Å². The van der Waals surface area contributed by atoms with Crippen molar-refractivity contribution in [3.05, 3.63) is 82.1 Å². The lowest BCUT2D eigenvalue weighted by Gasteiger charge is -2.55. The first kappa shape index (κ1) is 33.4. The molecule has 1 N–H and O–H groups in total. The van der Waals surface area contributed by atoms with Crippen LogP contribution in [-0.4, -0.2) is 69.0 Å². The molecule has 6 atom stereocenters. The van der Waals surface area contributed by atoms with Gasteiger partial charge in [0.15, 0.2) is 0 Å². The monoisotopic (exact) mass is 640 g/mol. The molecular weight excluding hydrogens is 608 g/mol. The van der Waals surface area contributed by atoms with E-state index in [1.807, 2.05) is 0 Å². The topological polar surface area (TPSA) is 152 Å². The highest BCUT2D eigenvalue weighted by Gasteiger charge is 2.71. The van der Waals surface area contributed by atoms with Gasteiger partial charge in [0, 0.05) is 10.9 Å². The van der Waals surface area contributed by atoms with Gasteiger partial charge in [-0.3, -0.25) is 14.4 Å². The molecule has 1 fully saturated rings. The van der Waals surface area contributed by atoms with Crippen molar-refractivity contribution >= 4 is 53.1 Å². The van der Waals surface area contributed by atoms with E-state index in [2.05, 4.69) is 0 Å². The Morgan fingerprint density at radius 2 is 1.40 bits per heavy atom. The Balaban J connectivity index is 2.01. The van der Waals surface area contributed by atoms with Crippen LogP contribution in [0.2, 0.25) is 5.02 Å². The lowest BCUT2D eigenvalue weighted by molar-refractivity contribution is -0.212. The maximum atomic E-state index is 14.1. The van der Waals surface area contributed by atoms with Gasteiger partial charge >= 0.3 is 29.8 Å². The Labute approximate surface area is 264 Å². The van der Waals surface area contributed by atoms with Crippen LogP contribution in [0.1, 0.15) is 24.5 Å². The van der Waals surface area contributed by atoms with E-state index in [1.165, 1.54) is 6.08 Å². The standard InChI is InChI=1S/C33H33ClO11/c1-17-15-22-23(29(36)41-2)27(26(32(39)44-5)33(40,24(17)30(37)42-3)25(22)31(38)43-4)45-28(35)21(16-18-9-7-6-8-10-18)19-11-13-20(34)14-12-19/h6-14,16-17,22,24-26,40H,15H2,1-5H3/b21-16+. The van der Waals surface area contributed by atoms with Crippen molar-refractivity contribution in [1.29, 1.82) is 0 Å². The zero-order chi connectivity index (χ0) is 33.1. The van der Waals surface area contributed by atoms with Crippen LogP contribution in [0.15, 0.2) is 65.9 Å². The molecule has 45 heavy (non-hydrogen) atoms. The molecule has 2 aromatic carbocycles. The quantitative estimate of drug-likeness (QED) is 0.195. The Bertz CT molecular complexity index is 1550. The molecule has 2 aromatic rings. The highest BCUT2D eigenvalue weighted by Crippen LogP contribution is 2.58. The average molecular weight is 641 g/mol. The number of aliphatic hydroxyl groups is 1. The Kier molecular flexibility index (Phi) is 10.1. The molecule has 11 nitrogen and oxygen atoms in total. The summed E-state index contributed by atoms with van der Waals surface area (Å²) < 4.78 is 26.0. The zero-order valence-electron chi connectivity index (χ0n) is 25.3. The fourth-order valence-corrected chi connectivity index (χ4v) is 6.64. The van der Waals surface area contributed by atoms with Gasteiger partial charge in [-0.2, -0.15) is 0 Å².